The first-order valence-corrected chi connectivity index (χ1v) is 4.17. The molecule has 1 heterocycles. The van der Waals surface area contributed by atoms with Crippen molar-refractivity contribution in [3.8, 4) is 11.8 Å². The van der Waals surface area contributed by atoms with E-state index in [0.29, 0.717) is 5.69 Å². The molecule has 0 bridgehead atoms. The van der Waals surface area contributed by atoms with Crippen molar-refractivity contribution in [3.05, 3.63) is 24.0 Å². The van der Waals surface area contributed by atoms with E-state index in [4.69, 9.17) is 5.73 Å². The van der Waals surface area contributed by atoms with Crippen LogP contribution in [0.5, 0.6) is 0 Å². The first-order valence-electron chi connectivity index (χ1n) is 4.17. The molecule has 1 rings (SSSR count). The number of hydrogen-bond acceptors (Lipinski definition) is 3. The van der Waals surface area contributed by atoms with E-state index < -0.39 is 0 Å². The van der Waals surface area contributed by atoms with E-state index >= 15 is 0 Å². The number of pyridine rings is 1. The molecule has 3 nitrogen and oxygen atoms in total. The highest BCUT2D eigenvalue weighted by Gasteiger charge is 1.91. The summed E-state index contributed by atoms with van der Waals surface area (Å²) < 4.78 is 0. The zero-order valence-corrected chi connectivity index (χ0v) is 7.67. The Bertz CT molecular complexity index is 322. The summed E-state index contributed by atoms with van der Waals surface area (Å²) in [6.45, 7) is 0.901. The molecular formula is C10H13N3. The van der Waals surface area contributed by atoms with Gasteiger partial charge in [-0.1, -0.05) is 11.8 Å². The fraction of sp³-hybridized carbons (Fsp3) is 0.300. The molecule has 0 saturated carbocycles. The summed E-state index contributed by atoms with van der Waals surface area (Å²) in [6, 6.07) is 1.82. The number of nitrogens with two attached hydrogens (primary N) is 1. The van der Waals surface area contributed by atoms with Crippen LogP contribution in [-0.2, 0) is 0 Å². The molecule has 3 N–H and O–H groups in total. The lowest BCUT2D eigenvalue weighted by atomic mass is 10.2. The fourth-order valence-corrected chi connectivity index (χ4v) is 0.866. The largest absolute Gasteiger partial charge is 0.396 e. The van der Waals surface area contributed by atoms with Crippen molar-refractivity contribution >= 4 is 5.69 Å². The molecule has 0 unspecified atom stereocenters. The van der Waals surface area contributed by atoms with Crippen molar-refractivity contribution < 1.29 is 0 Å². The molecule has 0 aromatic carbocycles. The molecule has 1 aromatic heterocycles. The minimum Gasteiger partial charge on any atom is -0.396 e. The van der Waals surface area contributed by atoms with Crippen molar-refractivity contribution in [1.29, 1.82) is 0 Å². The SMILES string of the molecule is CNCCC#Cc1ccncc1N. The van der Waals surface area contributed by atoms with Gasteiger partial charge < -0.3 is 11.1 Å². The predicted molar refractivity (Wildman–Crippen MR) is 54.1 cm³/mol. The van der Waals surface area contributed by atoms with E-state index in [2.05, 4.69) is 22.1 Å². The van der Waals surface area contributed by atoms with Crippen LogP contribution in [0.25, 0.3) is 0 Å². The lowest BCUT2D eigenvalue weighted by Gasteiger charge is -1.94. The minimum absolute atomic E-state index is 0.638. The van der Waals surface area contributed by atoms with E-state index in [9.17, 15) is 0 Å². The van der Waals surface area contributed by atoms with Gasteiger partial charge in [0.15, 0.2) is 0 Å². The molecule has 0 aliphatic carbocycles. The summed E-state index contributed by atoms with van der Waals surface area (Å²) in [7, 11) is 1.91. The summed E-state index contributed by atoms with van der Waals surface area (Å²) in [4.78, 5) is 3.88. The first-order chi connectivity index (χ1) is 6.34. The highest BCUT2D eigenvalue weighted by atomic mass is 14.8. The minimum atomic E-state index is 0.638. The molecule has 0 atom stereocenters. The standard InChI is InChI=1S/C10H13N3/c1-12-6-3-2-4-9-5-7-13-8-10(9)11/h5,7-8,12H,3,6,11H2,1H3. The van der Waals surface area contributed by atoms with Crippen LogP contribution in [0.15, 0.2) is 18.5 Å². The molecule has 0 fully saturated rings. The second-order valence-electron chi connectivity index (χ2n) is 2.62. The van der Waals surface area contributed by atoms with Crippen LogP contribution in [0.3, 0.4) is 0 Å². The number of nitrogens with one attached hydrogen (secondary N) is 1. The summed E-state index contributed by atoms with van der Waals surface area (Å²) in [5, 5.41) is 3.02. The summed E-state index contributed by atoms with van der Waals surface area (Å²) in [6.07, 6.45) is 4.14. The molecule has 13 heavy (non-hydrogen) atoms. The van der Waals surface area contributed by atoms with Crippen molar-refractivity contribution in [3.63, 3.8) is 0 Å². The monoisotopic (exact) mass is 175 g/mol. The Kier molecular flexibility index (Phi) is 3.80. The quantitative estimate of drug-likeness (QED) is 0.512. The van der Waals surface area contributed by atoms with Crippen LogP contribution >= 0.6 is 0 Å². The summed E-state index contributed by atoms with van der Waals surface area (Å²) >= 11 is 0. The Balaban J connectivity index is 2.61. The van der Waals surface area contributed by atoms with Gasteiger partial charge in [-0.05, 0) is 13.1 Å². The maximum absolute atomic E-state index is 5.65. The molecule has 0 radical (unpaired) electrons. The third kappa shape index (κ3) is 3.14. The maximum Gasteiger partial charge on any atom is 0.0659 e. The van der Waals surface area contributed by atoms with Crippen molar-refractivity contribution in [2.24, 2.45) is 0 Å². The average molecular weight is 175 g/mol. The Hall–Kier alpha value is -1.53. The van der Waals surface area contributed by atoms with E-state index in [-0.39, 0.29) is 0 Å². The highest BCUT2D eigenvalue weighted by molar-refractivity contribution is 5.53. The molecule has 3 heteroatoms. The van der Waals surface area contributed by atoms with Crippen LogP contribution in [0.1, 0.15) is 12.0 Å². The topological polar surface area (TPSA) is 50.9 Å². The predicted octanol–water partition coefficient (Wildman–Crippen LogP) is 0.625. The van der Waals surface area contributed by atoms with Crippen molar-refractivity contribution in [2.75, 3.05) is 19.3 Å². The number of aromatic nitrogens is 1. The van der Waals surface area contributed by atoms with Gasteiger partial charge in [0, 0.05) is 19.2 Å². The zero-order chi connectivity index (χ0) is 9.52. The smallest absolute Gasteiger partial charge is 0.0659 e. The van der Waals surface area contributed by atoms with Crippen LogP contribution in [0.4, 0.5) is 5.69 Å². The number of nitrogens with zero attached hydrogens (tertiary/aromatic N) is 1. The Morgan fingerprint density at radius 1 is 1.62 bits per heavy atom. The lowest BCUT2D eigenvalue weighted by molar-refractivity contribution is 0.818. The maximum atomic E-state index is 5.65. The molecule has 0 aliphatic heterocycles. The Labute approximate surface area is 78.4 Å². The van der Waals surface area contributed by atoms with Crippen LogP contribution in [0.2, 0.25) is 0 Å². The number of nitrogen functional groups attached to an aromatic ring is 1. The summed E-state index contributed by atoms with van der Waals surface area (Å²) in [5.74, 6) is 6.02. The van der Waals surface area contributed by atoms with Crippen LogP contribution in [-0.4, -0.2) is 18.6 Å². The Morgan fingerprint density at radius 2 is 2.46 bits per heavy atom. The van der Waals surface area contributed by atoms with Gasteiger partial charge in [0.05, 0.1) is 17.4 Å². The average Bonchev–Trinajstić information content (AvgIpc) is 2.15. The number of hydrogen-bond donors (Lipinski definition) is 2. The third-order valence-corrected chi connectivity index (χ3v) is 1.57. The van der Waals surface area contributed by atoms with Gasteiger partial charge in [0.2, 0.25) is 0 Å². The van der Waals surface area contributed by atoms with Gasteiger partial charge >= 0.3 is 0 Å². The Morgan fingerprint density at radius 3 is 3.15 bits per heavy atom. The summed E-state index contributed by atoms with van der Waals surface area (Å²) in [5.41, 5.74) is 7.15. The van der Waals surface area contributed by atoms with E-state index in [1.165, 1.54) is 0 Å². The molecule has 68 valence electrons. The van der Waals surface area contributed by atoms with Crippen molar-refractivity contribution in [2.45, 2.75) is 6.42 Å². The van der Waals surface area contributed by atoms with Gasteiger partial charge in [0.1, 0.15) is 0 Å². The van der Waals surface area contributed by atoms with E-state index in [1.807, 2.05) is 13.1 Å². The second kappa shape index (κ2) is 5.18. The normalized spacial score (nSPS) is 9.00. The molecule has 0 spiro atoms. The molecule has 0 amide bonds. The van der Waals surface area contributed by atoms with Gasteiger partial charge in [0.25, 0.3) is 0 Å². The fourth-order valence-electron chi connectivity index (χ4n) is 0.866. The van der Waals surface area contributed by atoms with E-state index in [1.54, 1.807) is 12.4 Å². The van der Waals surface area contributed by atoms with Crippen molar-refractivity contribution in [1.82, 2.24) is 10.3 Å². The van der Waals surface area contributed by atoms with Gasteiger partial charge in [-0.3, -0.25) is 4.98 Å². The zero-order valence-electron chi connectivity index (χ0n) is 7.67. The number of rotatable bonds is 2. The molecular weight excluding hydrogens is 162 g/mol. The molecule has 0 saturated heterocycles. The highest BCUT2D eigenvalue weighted by Crippen LogP contribution is 2.05. The second-order valence-corrected chi connectivity index (χ2v) is 2.62. The molecule has 0 aliphatic rings. The molecule has 1 aromatic rings. The van der Waals surface area contributed by atoms with Crippen LogP contribution < -0.4 is 11.1 Å². The van der Waals surface area contributed by atoms with Crippen LogP contribution in [0, 0.1) is 11.8 Å². The number of anilines is 1. The van der Waals surface area contributed by atoms with Gasteiger partial charge in [-0.15, -0.1) is 0 Å². The first kappa shape index (κ1) is 9.56. The van der Waals surface area contributed by atoms with Gasteiger partial charge in [-0.25, -0.2) is 0 Å². The van der Waals surface area contributed by atoms with E-state index in [0.717, 1.165) is 18.5 Å². The lowest BCUT2D eigenvalue weighted by Crippen LogP contribution is -2.05. The third-order valence-electron chi connectivity index (χ3n) is 1.57. The van der Waals surface area contributed by atoms with Gasteiger partial charge in [-0.2, -0.15) is 0 Å².